The van der Waals surface area contributed by atoms with E-state index in [1.165, 1.54) is 9.18 Å². The molecule has 4 nitrogen and oxygen atoms in total. The fraction of sp³-hybridized carbons (Fsp3) is 0.636. The first-order valence-corrected chi connectivity index (χ1v) is 8.69. The summed E-state index contributed by atoms with van der Waals surface area (Å²) in [5.74, 6) is 0.481. The lowest BCUT2D eigenvalue weighted by atomic mass is 10.1. The average molecular weight is 309 g/mol. The third-order valence-electron chi connectivity index (χ3n) is 3.10. The summed E-state index contributed by atoms with van der Waals surface area (Å²) >= 11 is 7.31. The summed E-state index contributed by atoms with van der Waals surface area (Å²) in [7, 11) is -1.73. The van der Waals surface area contributed by atoms with E-state index in [-0.39, 0.29) is 0 Å². The molecule has 0 radical (unpaired) electrons. The lowest BCUT2D eigenvalue weighted by molar-refractivity contribution is 0.346. The van der Waals surface area contributed by atoms with Crippen molar-refractivity contribution >= 4 is 33.1 Å². The summed E-state index contributed by atoms with van der Waals surface area (Å²) in [6, 6.07) is 2.01. The smallest absolute Gasteiger partial charge is 0.195 e. The van der Waals surface area contributed by atoms with E-state index in [4.69, 9.17) is 11.6 Å². The van der Waals surface area contributed by atoms with Gasteiger partial charge in [0.25, 0.3) is 10.2 Å². The van der Waals surface area contributed by atoms with Crippen molar-refractivity contribution in [2.24, 2.45) is 0 Å². The summed E-state index contributed by atoms with van der Waals surface area (Å²) in [6.45, 7) is 1.53. The van der Waals surface area contributed by atoms with E-state index >= 15 is 0 Å². The summed E-state index contributed by atoms with van der Waals surface area (Å²) in [5.41, 5.74) is 1.14. The second-order valence-corrected chi connectivity index (χ2v) is 7.74. The van der Waals surface area contributed by atoms with Crippen LogP contribution in [0.25, 0.3) is 0 Å². The number of thiophene rings is 1. The van der Waals surface area contributed by atoms with Gasteiger partial charge in [0.05, 0.1) is 0 Å². The van der Waals surface area contributed by atoms with Gasteiger partial charge < -0.3 is 0 Å². The Morgan fingerprint density at radius 2 is 2.33 bits per heavy atom. The maximum atomic E-state index is 12.3. The third-order valence-corrected chi connectivity index (χ3v) is 6.32. The highest BCUT2D eigenvalue weighted by molar-refractivity contribution is 7.86. The van der Waals surface area contributed by atoms with Crippen LogP contribution in [0.1, 0.15) is 16.9 Å². The molecule has 2 heterocycles. The molecule has 2 rings (SSSR count). The minimum absolute atomic E-state index is 0.471. The monoisotopic (exact) mass is 308 g/mol. The Hall–Kier alpha value is -0.140. The highest BCUT2D eigenvalue weighted by Crippen LogP contribution is 2.26. The average Bonchev–Trinajstić information content (AvgIpc) is 2.82. The Morgan fingerprint density at radius 3 is 3.06 bits per heavy atom. The Labute approximate surface area is 117 Å². The maximum Gasteiger partial charge on any atom is 0.282 e. The molecule has 0 N–H and O–H groups in total. The molecule has 1 aromatic rings. The predicted octanol–water partition coefficient (Wildman–Crippen LogP) is 1.91. The van der Waals surface area contributed by atoms with E-state index in [0.29, 0.717) is 31.9 Å². The van der Waals surface area contributed by atoms with Gasteiger partial charge in [-0.3, -0.25) is 0 Å². The first kappa shape index (κ1) is 14.3. The maximum absolute atomic E-state index is 12.3. The standard InChI is InChI=1S/C11H17ClN2O2S2/c1-13(6-2-5-12)18(15,16)14-7-3-11-10(9-14)4-8-17-11/h4,8H,2-3,5-7,9H2,1H3. The van der Waals surface area contributed by atoms with Crippen molar-refractivity contribution in [1.29, 1.82) is 0 Å². The molecule has 0 fully saturated rings. The van der Waals surface area contributed by atoms with Crippen LogP contribution in [0, 0.1) is 0 Å². The van der Waals surface area contributed by atoms with Gasteiger partial charge in [-0.25, -0.2) is 0 Å². The highest BCUT2D eigenvalue weighted by atomic mass is 35.5. The number of halogens is 1. The van der Waals surface area contributed by atoms with E-state index in [2.05, 4.69) is 0 Å². The Morgan fingerprint density at radius 1 is 1.56 bits per heavy atom. The van der Waals surface area contributed by atoms with Gasteiger partial charge in [-0.2, -0.15) is 17.0 Å². The number of alkyl halides is 1. The Bertz CT molecular complexity index is 501. The molecule has 0 spiro atoms. The molecule has 0 amide bonds. The van der Waals surface area contributed by atoms with Crippen molar-refractivity contribution < 1.29 is 8.42 Å². The van der Waals surface area contributed by atoms with Crippen molar-refractivity contribution in [3.05, 3.63) is 21.9 Å². The van der Waals surface area contributed by atoms with Gasteiger partial charge in [-0.15, -0.1) is 22.9 Å². The van der Waals surface area contributed by atoms with Crippen LogP contribution in [0.4, 0.5) is 0 Å². The van der Waals surface area contributed by atoms with Gasteiger partial charge in [-0.05, 0) is 29.9 Å². The van der Waals surface area contributed by atoms with Gasteiger partial charge >= 0.3 is 0 Å². The number of nitrogens with zero attached hydrogens (tertiary/aromatic N) is 2. The summed E-state index contributed by atoms with van der Waals surface area (Å²) < 4.78 is 27.6. The summed E-state index contributed by atoms with van der Waals surface area (Å²) in [6.07, 6.45) is 1.49. The molecule has 7 heteroatoms. The first-order chi connectivity index (χ1) is 8.55. The molecule has 0 aliphatic carbocycles. The molecule has 1 aliphatic heterocycles. The molecule has 102 valence electrons. The summed E-state index contributed by atoms with van der Waals surface area (Å²) in [4.78, 5) is 1.31. The van der Waals surface area contributed by atoms with Crippen molar-refractivity contribution in [2.75, 3.05) is 26.0 Å². The normalized spacial score (nSPS) is 17.1. The number of hydrogen-bond acceptors (Lipinski definition) is 3. The summed E-state index contributed by atoms with van der Waals surface area (Å²) in [5, 5.41) is 2.03. The van der Waals surface area contributed by atoms with E-state index in [0.717, 1.165) is 12.0 Å². The van der Waals surface area contributed by atoms with E-state index < -0.39 is 10.2 Å². The van der Waals surface area contributed by atoms with Crippen LogP contribution in [0.5, 0.6) is 0 Å². The van der Waals surface area contributed by atoms with E-state index in [1.54, 1.807) is 22.7 Å². The van der Waals surface area contributed by atoms with Gasteiger partial charge in [0.1, 0.15) is 0 Å². The molecule has 18 heavy (non-hydrogen) atoms. The second-order valence-electron chi connectivity index (χ2n) is 4.32. The van der Waals surface area contributed by atoms with Crippen LogP contribution in [0.15, 0.2) is 11.4 Å². The van der Waals surface area contributed by atoms with Crippen LogP contribution in [0.2, 0.25) is 0 Å². The predicted molar refractivity (Wildman–Crippen MR) is 75.3 cm³/mol. The molecule has 0 saturated carbocycles. The molecular weight excluding hydrogens is 292 g/mol. The molecule has 0 bridgehead atoms. The molecule has 0 aromatic carbocycles. The molecular formula is C11H17ClN2O2S2. The van der Waals surface area contributed by atoms with Crippen LogP contribution in [0.3, 0.4) is 0 Å². The quantitative estimate of drug-likeness (QED) is 0.780. The lowest BCUT2D eigenvalue weighted by Gasteiger charge is -2.30. The molecule has 0 unspecified atom stereocenters. The minimum atomic E-state index is -3.34. The van der Waals surface area contributed by atoms with Crippen LogP contribution < -0.4 is 0 Å². The number of hydrogen-bond donors (Lipinski definition) is 0. The van der Waals surface area contributed by atoms with Crippen molar-refractivity contribution in [2.45, 2.75) is 19.4 Å². The van der Waals surface area contributed by atoms with Crippen LogP contribution in [-0.4, -0.2) is 43.0 Å². The SMILES string of the molecule is CN(CCCCl)S(=O)(=O)N1CCc2sccc2C1. The lowest BCUT2D eigenvalue weighted by Crippen LogP contribution is -2.44. The molecule has 1 aliphatic rings. The van der Waals surface area contributed by atoms with Gasteiger partial charge in [0, 0.05) is 37.4 Å². The topological polar surface area (TPSA) is 40.6 Å². The van der Waals surface area contributed by atoms with E-state index in [1.807, 2.05) is 11.4 Å². The van der Waals surface area contributed by atoms with Crippen molar-refractivity contribution in [3.8, 4) is 0 Å². The second kappa shape index (κ2) is 5.88. The fourth-order valence-electron chi connectivity index (χ4n) is 2.01. The van der Waals surface area contributed by atoms with Gasteiger partial charge in [-0.1, -0.05) is 0 Å². The Balaban J connectivity index is 2.08. The zero-order valence-electron chi connectivity index (χ0n) is 10.3. The highest BCUT2D eigenvalue weighted by Gasteiger charge is 2.30. The number of fused-ring (bicyclic) bond motifs is 1. The number of rotatable bonds is 5. The van der Waals surface area contributed by atoms with Crippen molar-refractivity contribution in [1.82, 2.24) is 8.61 Å². The zero-order chi connectivity index (χ0) is 13.2. The van der Waals surface area contributed by atoms with Crippen molar-refractivity contribution in [3.63, 3.8) is 0 Å². The zero-order valence-corrected chi connectivity index (χ0v) is 12.7. The van der Waals surface area contributed by atoms with Crippen LogP contribution >= 0.6 is 22.9 Å². The molecule has 1 aromatic heterocycles. The third kappa shape index (κ3) is 2.88. The van der Waals surface area contributed by atoms with Crippen LogP contribution in [-0.2, 0) is 23.2 Å². The largest absolute Gasteiger partial charge is 0.282 e. The molecule has 0 atom stereocenters. The van der Waals surface area contributed by atoms with Gasteiger partial charge in [0.2, 0.25) is 0 Å². The molecule has 0 saturated heterocycles. The van der Waals surface area contributed by atoms with Gasteiger partial charge in [0.15, 0.2) is 0 Å². The van der Waals surface area contributed by atoms with E-state index in [9.17, 15) is 8.42 Å². The first-order valence-electron chi connectivity index (χ1n) is 5.88. The Kier molecular flexibility index (Phi) is 4.66. The minimum Gasteiger partial charge on any atom is -0.195 e. The fourth-order valence-corrected chi connectivity index (χ4v) is 4.40.